The number of rotatable bonds is 7. The Hall–Kier alpha value is -3.80. The van der Waals surface area contributed by atoms with Crippen LogP contribution in [0.1, 0.15) is 11.1 Å². The lowest BCUT2D eigenvalue weighted by atomic mass is 10.2. The van der Waals surface area contributed by atoms with Crippen LogP contribution in [0.4, 0.5) is 17.2 Å². The van der Waals surface area contributed by atoms with Gasteiger partial charge >= 0.3 is 0 Å². The van der Waals surface area contributed by atoms with Crippen LogP contribution in [0.5, 0.6) is 5.75 Å². The molecule has 1 aromatic heterocycles. The van der Waals surface area contributed by atoms with E-state index in [9.17, 15) is 4.79 Å². The van der Waals surface area contributed by atoms with Gasteiger partial charge in [-0.2, -0.15) is 0 Å². The Labute approximate surface area is 164 Å². The highest BCUT2D eigenvalue weighted by molar-refractivity contribution is 6.03. The number of anilines is 3. The van der Waals surface area contributed by atoms with E-state index in [0.29, 0.717) is 17.9 Å². The van der Waals surface area contributed by atoms with E-state index in [1.807, 2.05) is 48.5 Å². The van der Waals surface area contributed by atoms with Crippen LogP contribution in [-0.4, -0.2) is 18.0 Å². The number of methoxy groups -OCH3 is 1. The van der Waals surface area contributed by atoms with Crippen LogP contribution in [-0.2, 0) is 11.3 Å². The minimum atomic E-state index is -0.250. The molecule has 2 aromatic carbocycles. The predicted molar refractivity (Wildman–Crippen MR) is 113 cm³/mol. The highest BCUT2D eigenvalue weighted by atomic mass is 16.5. The molecule has 0 radical (unpaired) electrons. The molecule has 1 heterocycles. The summed E-state index contributed by atoms with van der Waals surface area (Å²) < 4.78 is 5.15. The summed E-state index contributed by atoms with van der Waals surface area (Å²) in [5.74, 6) is 1.34. The summed E-state index contributed by atoms with van der Waals surface area (Å²) in [6, 6.07) is 18.7. The van der Waals surface area contributed by atoms with Gasteiger partial charge in [0.05, 0.1) is 18.5 Å². The Kier molecular flexibility index (Phi) is 6.25. The van der Waals surface area contributed by atoms with Gasteiger partial charge in [-0.15, -0.1) is 0 Å². The van der Waals surface area contributed by atoms with Crippen molar-refractivity contribution in [2.75, 3.05) is 23.5 Å². The normalized spacial score (nSPS) is 10.6. The largest absolute Gasteiger partial charge is 0.497 e. The Morgan fingerprint density at radius 3 is 2.57 bits per heavy atom. The minimum Gasteiger partial charge on any atom is -0.497 e. The number of amides is 1. The predicted octanol–water partition coefficient (Wildman–Crippen LogP) is 3.94. The molecule has 0 atom stereocenters. The van der Waals surface area contributed by atoms with Gasteiger partial charge in [-0.05, 0) is 53.6 Å². The SMILES string of the molecule is COc1ccc(CNc2ccc(C=CC(=O)Nc3ccccc3N)cn2)cc1. The van der Waals surface area contributed by atoms with Gasteiger partial charge in [0.1, 0.15) is 11.6 Å². The summed E-state index contributed by atoms with van der Waals surface area (Å²) in [7, 11) is 1.65. The van der Waals surface area contributed by atoms with E-state index in [1.54, 1.807) is 31.5 Å². The number of aromatic nitrogens is 1. The summed E-state index contributed by atoms with van der Waals surface area (Å²) in [6.45, 7) is 0.660. The molecule has 1 amide bonds. The molecule has 3 aromatic rings. The van der Waals surface area contributed by atoms with Crippen molar-refractivity contribution in [3.8, 4) is 5.75 Å². The molecule has 0 saturated carbocycles. The Morgan fingerprint density at radius 1 is 1.11 bits per heavy atom. The van der Waals surface area contributed by atoms with Crippen LogP contribution >= 0.6 is 0 Å². The molecule has 6 nitrogen and oxygen atoms in total. The lowest BCUT2D eigenvalue weighted by Crippen LogP contribution is -2.09. The van der Waals surface area contributed by atoms with E-state index in [4.69, 9.17) is 10.5 Å². The van der Waals surface area contributed by atoms with Crippen LogP contribution in [0.25, 0.3) is 6.08 Å². The number of ether oxygens (including phenoxy) is 1. The Balaban J connectivity index is 1.52. The van der Waals surface area contributed by atoms with Gasteiger partial charge in [0.25, 0.3) is 0 Å². The molecular weight excluding hydrogens is 352 g/mol. The summed E-state index contributed by atoms with van der Waals surface area (Å²) in [6.07, 6.45) is 4.86. The summed E-state index contributed by atoms with van der Waals surface area (Å²) >= 11 is 0. The molecule has 3 rings (SSSR count). The van der Waals surface area contributed by atoms with E-state index in [0.717, 1.165) is 22.7 Å². The lowest BCUT2D eigenvalue weighted by molar-refractivity contribution is -0.111. The van der Waals surface area contributed by atoms with Crippen molar-refractivity contribution in [1.29, 1.82) is 0 Å². The fourth-order valence-electron chi connectivity index (χ4n) is 2.50. The van der Waals surface area contributed by atoms with Gasteiger partial charge in [0.15, 0.2) is 0 Å². The summed E-state index contributed by atoms with van der Waals surface area (Å²) in [4.78, 5) is 16.4. The number of para-hydroxylation sites is 2. The molecule has 6 heteroatoms. The van der Waals surface area contributed by atoms with E-state index in [1.165, 1.54) is 6.08 Å². The van der Waals surface area contributed by atoms with Crippen molar-refractivity contribution in [2.45, 2.75) is 6.54 Å². The van der Waals surface area contributed by atoms with Crippen molar-refractivity contribution < 1.29 is 9.53 Å². The number of nitrogen functional groups attached to an aromatic ring is 1. The van der Waals surface area contributed by atoms with Gasteiger partial charge in [-0.25, -0.2) is 4.98 Å². The molecule has 0 aliphatic heterocycles. The molecule has 0 bridgehead atoms. The Bertz CT molecular complexity index is 951. The molecule has 0 aliphatic carbocycles. The summed E-state index contributed by atoms with van der Waals surface area (Å²) in [5.41, 5.74) is 8.89. The third-order valence-electron chi connectivity index (χ3n) is 4.06. The highest BCUT2D eigenvalue weighted by Crippen LogP contribution is 2.17. The van der Waals surface area contributed by atoms with Gasteiger partial charge in [-0.3, -0.25) is 4.79 Å². The molecule has 0 aliphatic rings. The maximum Gasteiger partial charge on any atom is 0.248 e. The molecule has 0 saturated heterocycles. The second-order valence-corrected chi connectivity index (χ2v) is 6.09. The average molecular weight is 374 g/mol. The van der Waals surface area contributed by atoms with Gasteiger partial charge < -0.3 is 21.1 Å². The number of nitrogens with two attached hydrogens (primary N) is 1. The molecule has 0 fully saturated rings. The molecular formula is C22H22N4O2. The van der Waals surface area contributed by atoms with E-state index < -0.39 is 0 Å². The maximum atomic E-state index is 12.0. The van der Waals surface area contributed by atoms with Crippen LogP contribution in [0.3, 0.4) is 0 Å². The van der Waals surface area contributed by atoms with Crippen molar-refractivity contribution in [2.24, 2.45) is 0 Å². The zero-order valence-electron chi connectivity index (χ0n) is 15.6. The second kappa shape index (κ2) is 9.23. The number of hydrogen-bond acceptors (Lipinski definition) is 5. The zero-order valence-corrected chi connectivity index (χ0v) is 15.6. The Morgan fingerprint density at radius 2 is 1.89 bits per heavy atom. The fourth-order valence-corrected chi connectivity index (χ4v) is 2.50. The summed E-state index contributed by atoms with van der Waals surface area (Å²) in [5, 5.41) is 6.01. The first-order chi connectivity index (χ1) is 13.6. The molecule has 0 spiro atoms. The highest BCUT2D eigenvalue weighted by Gasteiger charge is 2.01. The number of pyridine rings is 1. The van der Waals surface area contributed by atoms with Crippen molar-refractivity contribution in [3.05, 3.63) is 84.1 Å². The van der Waals surface area contributed by atoms with Crippen molar-refractivity contribution >= 4 is 29.2 Å². The smallest absolute Gasteiger partial charge is 0.248 e. The first kappa shape index (κ1) is 19.0. The number of nitrogens with one attached hydrogen (secondary N) is 2. The van der Waals surface area contributed by atoms with Crippen LogP contribution < -0.4 is 21.1 Å². The van der Waals surface area contributed by atoms with Crippen LogP contribution in [0, 0.1) is 0 Å². The number of hydrogen-bond donors (Lipinski definition) is 3. The number of carbonyl (C=O) groups is 1. The third kappa shape index (κ3) is 5.35. The minimum absolute atomic E-state index is 0.250. The van der Waals surface area contributed by atoms with Crippen LogP contribution in [0.2, 0.25) is 0 Å². The number of nitrogens with zero attached hydrogens (tertiary/aromatic N) is 1. The molecule has 142 valence electrons. The van der Waals surface area contributed by atoms with Crippen molar-refractivity contribution in [1.82, 2.24) is 4.98 Å². The quantitative estimate of drug-likeness (QED) is 0.431. The maximum absolute atomic E-state index is 12.0. The van der Waals surface area contributed by atoms with Gasteiger partial charge in [-0.1, -0.05) is 24.3 Å². The monoisotopic (exact) mass is 374 g/mol. The van der Waals surface area contributed by atoms with Gasteiger partial charge in [0, 0.05) is 18.8 Å². The topological polar surface area (TPSA) is 89.3 Å². The van der Waals surface area contributed by atoms with Crippen molar-refractivity contribution in [3.63, 3.8) is 0 Å². The first-order valence-electron chi connectivity index (χ1n) is 8.80. The van der Waals surface area contributed by atoms with Gasteiger partial charge in [0.2, 0.25) is 5.91 Å². The number of carbonyl (C=O) groups excluding carboxylic acids is 1. The third-order valence-corrected chi connectivity index (χ3v) is 4.06. The molecule has 28 heavy (non-hydrogen) atoms. The standard InChI is InChI=1S/C22H22N4O2/c1-28-18-10-6-16(7-11-18)14-24-21-12-8-17(15-25-21)9-13-22(27)26-20-5-3-2-4-19(20)23/h2-13,15H,14,23H2,1H3,(H,24,25)(H,26,27). The second-order valence-electron chi connectivity index (χ2n) is 6.09. The molecule has 4 N–H and O–H groups in total. The van der Waals surface area contributed by atoms with Crippen LogP contribution in [0.15, 0.2) is 72.9 Å². The lowest BCUT2D eigenvalue weighted by Gasteiger charge is -2.07. The first-order valence-corrected chi connectivity index (χ1v) is 8.80. The average Bonchev–Trinajstić information content (AvgIpc) is 2.73. The van der Waals surface area contributed by atoms with E-state index >= 15 is 0 Å². The fraction of sp³-hybridized carbons (Fsp3) is 0.0909. The van der Waals surface area contributed by atoms with E-state index in [2.05, 4.69) is 15.6 Å². The van der Waals surface area contributed by atoms with E-state index in [-0.39, 0.29) is 5.91 Å². The zero-order chi connectivity index (χ0) is 19.8. The molecule has 0 unspecified atom stereocenters. The number of benzene rings is 2.